The van der Waals surface area contributed by atoms with Gasteiger partial charge in [-0.3, -0.25) is 19.3 Å². The van der Waals surface area contributed by atoms with Crippen molar-refractivity contribution < 1.29 is 28.2 Å². The molecule has 0 atom stereocenters. The normalized spacial score (nSPS) is 12.8. The molecule has 8 heteroatoms. The summed E-state index contributed by atoms with van der Waals surface area (Å²) in [5, 5.41) is 2.66. The number of methoxy groups -OCH3 is 2. The van der Waals surface area contributed by atoms with Crippen molar-refractivity contribution in [3.8, 4) is 11.5 Å². The summed E-state index contributed by atoms with van der Waals surface area (Å²) in [4.78, 5) is 37.6. The number of nitrogens with zero attached hydrogens (tertiary/aromatic N) is 1. The molecule has 1 N–H and O–H groups in total. The van der Waals surface area contributed by atoms with Crippen molar-refractivity contribution in [1.82, 2.24) is 4.90 Å². The molecule has 2 aromatic rings. The molecular formula is C19H17FN2O5. The fourth-order valence-electron chi connectivity index (χ4n) is 2.85. The summed E-state index contributed by atoms with van der Waals surface area (Å²) in [7, 11) is 2.98. The summed E-state index contributed by atoms with van der Waals surface area (Å²) in [6, 6.07) is 8.75. The van der Waals surface area contributed by atoms with Crippen LogP contribution in [0, 0.1) is 5.82 Å². The van der Waals surface area contributed by atoms with Gasteiger partial charge in [0.15, 0.2) is 11.5 Å². The maximum absolute atomic E-state index is 13.8. The van der Waals surface area contributed by atoms with Crippen LogP contribution in [-0.2, 0) is 4.79 Å². The van der Waals surface area contributed by atoms with Crippen LogP contribution in [0.1, 0.15) is 27.1 Å². The summed E-state index contributed by atoms with van der Waals surface area (Å²) >= 11 is 0. The molecule has 0 aliphatic carbocycles. The van der Waals surface area contributed by atoms with E-state index in [1.54, 1.807) is 18.2 Å². The molecule has 1 heterocycles. The van der Waals surface area contributed by atoms with Crippen LogP contribution in [0.4, 0.5) is 10.1 Å². The van der Waals surface area contributed by atoms with E-state index in [0.29, 0.717) is 17.2 Å². The van der Waals surface area contributed by atoms with Crippen molar-refractivity contribution in [3.63, 3.8) is 0 Å². The molecule has 3 rings (SSSR count). The van der Waals surface area contributed by atoms with Gasteiger partial charge in [0.05, 0.1) is 25.3 Å². The summed E-state index contributed by atoms with van der Waals surface area (Å²) < 4.78 is 24.1. The van der Waals surface area contributed by atoms with E-state index in [-0.39, 0.29) is 24.1 Å². The summed E-state index contributed by atoms with van der Waals surface area (Å²) in [5.41, 5.74) is 0.245. The van der Waals surface area contributed by atoms with Gasteiger partial charge in [0, 0.05) is 24.7 Å². The van der Waals surface area contributed by atoms with E-state index in [4.69, 9.17) is 9.47 Å². The third-order valence-corrected chi connectivity index (χ3v) is 4.18. The molecule has 1 aliphatic rings. The topological polar surface area (TPSA) is 84.9 Å². The van der Waals surface area contributed by atoms with E-state index in [1.807, 2.05) is 0 Å². The van der Waals surface area contributed by atoms with Crippen LogP contribution in [-0.4, -0.2) is 43.4 Å². The lowest BCUT2D eigenvalue weighted by Gasteiger charge is -2.14. The molecule has 7 nitrogen and oxygen atoms in total. The first-order valence-corrected chi connectivity index (χ1v) is 8.13. The van der Waals surface area contributed by atoms with Crippen LogP contribution >= 0.6 is 0 Å². The second-order valence-corrected chi connectivity index (χ2v) is 5.79. The number of carbonyl (C=O) groups is 3. The Bertz CT molecular complexity index is 928. The van der Waals surface area contributed by atoms with Gasteiger partial charge in [-0.15, -0.1) is 0 Å². The average molecular weight is 372 g/mol. The molecule has 27 heavy (non-hydrogen) atoms. The van der Waals surface area contributed by atoms with Crippen LogP contribution in [0.25, 0.3) is 0 Å². The van der Waals surface area contributed by atoms with Crippen LogP contribution < -0.4 is 14.8 Å². The summed E-state index contributed by atoms with van der Waals surface area (Å²) in [5.74, 6) is -1.52. The minimum Gasteiger partial charge on any atom is -0.493 e. The number of carbonyl (C=O) groups excluding carboxylic acids is 3. The number of hydrogen-bond acceptors (Lipinski definition) is 5. The fourth-order valence-corrected chi connectivity index (χ4v) is 2.85. The molecule has 0 unspecified atom stereocenters. The molecule has 0 fully saturated rings. The molecule has 140 valence electrons. The van der Waals surface area contributed by atoms with Crippen molar-refractivity contribution in [2.45, 2.75) is 6.42 Å². The molecule has 0 aromatic heterocycles. The van der Waals surface area contributed by atoms with E-state index in [1.165, 1.54) is 26.4 Å². The monoisotopic (exact) mass is 372 g/mol. The van der Waals surface area contributed by atoms with E-state index in [2.05, 4.69) is 5.32 Å². The first kappa shape index (κ1) is 18.4. The van der Waals surface area contributed by atoms with Gasteiger partial charge in [0.25, 0.3) is 11.8 Å². The predicted octanol–water partition coefficient (Wildman–Crippen LogP) is 2.47. The lowest BCUT2D eigenvalue weighted by atomic mass is 10.1. The number of ether oxygens (including phenoxy) is 2. The average Bonchev–Trinajstić information content (AvgIpc) is 2.91. The van der Waals surface area contributed by atoms with Gasteiger partial charge in [0.2, 0.25) is 5.91 Å². The van der Waals surface area contributed by atoms with Crippen LogP contribution in [0.2, 0.25) is 0 Å². The zero-order chi connectivity index (χ0) is 19.6. The number of nitrogens with one attached hydrogen (secondary N) is 1. The molecule has 0 saturated carbocycles. The largest absolute Gasteiger partial charge is 0.493 e. The van der Waals surface area contributed by atoms with Crippen LogP contribution in [0.3, 0.4) is 0 Å². The second kappa shape index (κ2) is 7.45. The number of rotatable bonds is 6. The number of amides is 3. The Morgan fingerprint density at radius 3 is 2.48 bits per heavy atom. The van der Waals surface area contributed by atoms with Gasteiger partial charge in [-0.05, 0) is 24.3 Å². The van der Waals surface area contributed by atoms with Gasteiger partial charge in [-0.1, -0.05) is 6.07 Å². The number of hydrogen-bond donors (Lipinski definition) is 1. The first-order valence-electron chi connectivity index (χ1n) is 8.13. The van der Waals surface area contributed by atoms with Crippen molar-refractivity contribution in [2.24, 2.45) is 0 Å². The molecular weight excluding hydrogens is 355 g/mol. The van der Waals surface area contributed by atoms with Crippen molar-refractivity contribution in [3.05, 3.63) is 53.3 Å². The Morgan fingerprint density at radius 2 is 1.81 bits per heavy atom. The molecule has 2 aromatic carbocycles. The van der Waals surface area contributed by atoms with Gasteiger partial charge in [-0.25, -0.2) is 4.39 Å². The summed E-state index contributed by atoms with van der Waals surface area (Å²) in [6.45, 7) is -0.148. The van der Waals surface area contributed by atoms with Gasteiger partial charge in [0.1, 0.15) is 5.82 Å². The molecule has 0 spiro atoms. The van der Waals surface area contributed by atoms with E-state index >= 15 is 0 Å². The zero-order valence-corrected chi connectivity index (χ0v) is 14.7. The standard InChI is InChI=1S/C19H17FN2O5/c1-26-14-7-6-11(10-15(14)27-2)21-16(23)8-9-22-18(24)12-4-3-5-13(20)17(12)19(22)25/h3-7,10H,8-9H2,1-2H3,(H,21,23). The Kier molecular flexibility index (Phi) is 5.07. The minimum atomic E-state index is -0.747. The number of imide groups is 1. The number of fused-ring (bicyclic) bond motifs is 1. The Hall–Kier alpha value is -3.42. The van der Waals surface area contributed by atoms with Gasteiger partial charge in [-0.2, -0.15) is 0 Å². The molecule has 0 radical (unpaired) electrons. The Morgan fingerprint density at radius 1 is 1.07 bits per heavy atom. The fraction of sp³-hybridized carbons (Fsp3) is 0.211. The van der Waals surface area contributed by atoms with E-state index in [0.717, 1.165) is 11.0 Å². The zero-order valence-electron chi connectivity index (χ0n) is 14.7. The molecule has 3 amide bonds. The highest BCUT2D eigenvalue weighted by Crippen LogP contribution is 2.30. The van der Waals surface area contributed by atoms with Gasteiger partial charge < -0.3 is 14.8 Å². The third kappa shape index (κ3) is 3.46. The lowest BCUT2D eigenvalue weighted by Crippen LogP contribution is -2.33. The number of halogens is 1. The maximum atomic E-state index is 13.8. The third-order valence-electron chi connectivity index (χ3n) is 4.18. The van der Waals surface area contributed by atoms with Crippen molar-refractivity contribution in [2.75, 3.05) is 26.1 Å². The van der Waals surface area contributed by atoms with E-state index in [9.17, 15) is 18.8 Å². The molecule has 1 aliphatic heterocycles. The highest BCUT2D eigenvalue weighted by atomic mass is 19.1. The van der Waals surface area contributed by atoms with Crippen LogP contribution in [0.5, 0.6) is 11.5 Å². The maximum Gasteiger partial charge on any atom is 0.264 e. The van der Waals surface area contributed by atoms with Crippen molar-refractivity contribution >= 4 is 23.4 Å². The lowest BCUT2D eigenvalue weighted by molar-refractivity contribution is -0.116. The Labute approximate surface area is 154 Å². The summed E-state index contributed by atoms with van der Waals surface area (Å²) in [6.07, 6.45) is -0.124. The minimum absolute atomic E-state index is 0.0142. The SMILES string of the molecule is COc1ccc(NC(=O)CCN2C(=O)c3cccc(F)c3C2=O)cc1OC. The number of benzene rings is 2. The predicted molar refractivity (Wildman–Crippen MR) is 94.6 cm³/mol. The van der Waals surface area contributed by atoms with Gasteiger partial charge >= 0.3 is 0 Å². The smallest absolute Gasteiger partial charge is 0.264 e. The Balaban J connectivity index is 1.64. The molecule has 0 saturated heterocycles. The quantitative estimate of drug-likeness (QED) is 0.788. The second-order valence-electron chi connectivity index (χ2n) is 5.79. The van der Waals surface area contributed by atoms with Crippen molar-refractivity contribution in [1.29, 1.82) is 0 Å². The molecule has 0 bridgehead atoms. The first-order chi connectivity index (χ1) is 13.0. The van der Waals surface area contributed by atoms with Crippen LogP contribution in [0.15, 0.2) is 36.4 Å². The highest BCUT2D eigenvalue weighted by Gasteiger charge is 2.37. The highest BCUT2D eigenvalue weighted by molar-refractivity contribution is 6.21. The number of anilines is 1. The van der Waals surface area contributed by atoms with E-state index < -0.39 is 23.5 Å².